The Morgan fingerprint density at radius 1 is 1.29 bits per heavy atom. The Hall–Kier alpha value is -1.22. The molecule has 2 rings (SSSR count). The van der Waals surface area contributed by atoms with Crippen molar-refractivity contribution in [3.8, 4) is 11.5 Å². The van der Waals surface area contributed by atoms with Crippen molar-refractivity contribution in [1.82, 2.24) is 0 Å². The summed E-state index contributed by atoms with van der Waals surface area (Å²) in [4.78, 5) is 0. The van der Waals surface area contributed by atoms with Crippen molar-refractivity contribution >= 4 is 0 Å². The normalized spacial score (nSPS) is 16.1. The highest BCUT2D eigenvalue weighted by atomic mass is 16.5. The van der Waals surface area contributed by atoms with Crippen LogP contribution in [-0.4, -0.2) is 17.8 Å². The van der Waals surface area contributed by atoms with Gasteiger partial charge >= 0.3 is 0 Å². The number of aliphatic hydroxyl groups excluding tert-OH is 1. The van der Waals surface area contributed by atoms with Crippen molar-refractivity contribution in [3.05, 3.63) is 23.8 Å². The second kappa shape index (κ2) is 5.92. The maximum absolute atomic E-state index is 9.35. The van der Waals surface area contributed by atoms with Gasteiger partial charge in [0.05, 0.1) is 19.3 Å². The van der Waals surface area contributed by atoms with Crippen molar-refractivity contribution in [3.63, 3.8) is 0 Å². The van der Waals surface area contributed by atoms with E-state index in [1.165, 1.54) is 12.8 Å². The van der Waals surface area contributed by atoms with Gasteiger partial charge in [0.25, 0.3) is 0 Å². The molecule has 1 N–H and O–H groups in total. The Labute approximate surface area is 102 Å². The number of ether oxygens (including phenoxy) is 2. The third-order valence-electron chi connectivity index (χ3n) is 3.12. The van der Waals surface area contributed by atoms with E-state index in [2.05, 4.69) is 0 Å². The molecule has 3 nitrogen and oxygen atoms in total. The van der Waals surface area contributed by atoms with Crippen LogP contribution in [0.2, 0.25) is 0 Å². The number of benzene rings is 1. The molecule has 1 saturated carbocycles. The van der Waals surface area contributed by atoms with Gasteiger partial charge < -0.3 is 14.6 Å². The van der Waals surface area contributed by atoms with Crippen LogP contribution in [0.15, 0.2) is 18.2 Å². The Kier molecular flexibility index (Phi) is 4.26. The predicted molar refractivity (Wildman–Crippen MR) is 66.4 cm³/mol. The van der Waals surface area contributed by atoms with E-state index in [4.69, 9.17) is 9.47 Å². The zero-order valence-electron chi connectivity index (χ0n) is 10.3. The van der Waals surface area contributed by atoms with E-state index in [1.807, 2.05) is 25.1 Å². The second-order valence-electron chi connectivity index (χ2n) is 4.36. The first kappa shape index (κ1) is 12.2. The van der Waals surface area contributed by atoms with Crippen LogP contribution >= 0.6 is 0 Å². The van der Waals surface area contributed by atoms with Gasteiger partial charge in [-0.2, -0.15) is 0 Å². The lowest BCUT2D eigenvalue weighted by atomic mass is 10.2. The molecule has 0 heterocycles. The van der Waals surface area contributed by atoms with Gasteiger partial charge in [0.2, 0.25) is 0 Å². The lowest BCUT2D eigenvalue weighted by Gasteiger charge is -2.19. The lowest BCUT2D eigenvalue weighted by Crippen LogP contribution is -2.13. The standard InChI is InChI=1S/C14H20O3/c1-2-16-13-9-5-6-11(10-15)14(13)17-12-7-3-4-8-12/h5-6,9,12,15H,2-4,7-8,10H2,1H3. The summed E-state index contributed by atoms with van der Waals surface area (Å²) in [5, 5.41) is 9.35. The van der Waals surface area contributed by atoms with Gasteiger partial charge in [-0.1, -0.05) is 12.1 Å². The smallest absolute Gasteiger partial charge is 0.167 e. The van der Waals surface area contributed by atoms with E-state index in [0.717, 1.165) is 29.9 Å². The minimum absolute atomic E-state index is 0.0109. The molecule has 1 aliphatic rings. The molecule has 0 aromatic heterocycles. The molecule has 0 amide bonds. The lowest BCUT2D eigenvalue weighted by molar-refractivity contribution is 0.187. The molecule has 0 unspecified atom stereocenters. The zero-order valence-corrected chi connectivity index (χ0v) is 10.3. The van der Waals surface area contributed by atoms with Gasteiger partial charge in [-0.3, -0.25) is 0 Å². The molecular weight excluding hydrogens is 216 g/mol. The highest BCUT2D eigenvalue weighted by Crippen LogP contribution is 2.35. The van der Waals surface area contributed by atoms with E-state index >= 15 is 0 Å². The molecule has 0 aliphatic heterocycles. The van der Waals surface area contributed by atoms with Gasteiger partial charge in [-0.25, -0.2) is 0 Å². The Morgan fingerprint density at radius 3 is 2.71 bits per heavy atom. The van der Waals surface area contributed by atoms with Crippen LogP contribution in [0.4, 0.5) is 0 Å². The van der Waals surface area contributed by atoms with Crippen molar-refractivity contribution in [2.24, 2.45) is 0 Å². The third-order valence-corrected chi connectivity index (χ3v) is 3.12. The minimum Gasteiger partial charge on any atom is -0.490 e. The fourth-order valence-electron chi connectivity index (χ4n) is 2.26. The van der Waals surface area contributed by atoms with Crippen LogP contribution in [0.3, 0.4) is 0 Å². The molecule has 94 valence electrons. The summed E-state index contributed by atoms with van der Waals surface area (Å²) in [6, 6.07) is 5.66. The minimum atomic E-state index is -0.0109. The van der Waals surface area contributed by atoms with E-state index in [9.17, 15) is 5.11 Å². The van der Waals surface area contributed by atoms with Crippen molar-refractivity contribution in [2.75, 3.05) is 6.61 Å². The average molecular weight is 236 g/mol. The average Bonchev–Trinajstić information content (AvgIpc) is 2.84. The fourth-order valence-corrected chi connectivity index (χ4v) is 2.26. The zero-order chi connectivity index (χ0) is 12.1. The second-order valence-corrected chi connectivity index (χ2v) is 4.36. The molecule has 0 saturated heterocycles. The van der Waals surface area contributed by atoms with Crippen molar-refractivity contribution in [1.29, 1.82) is 0 Å². The van der Waals surface area contributed by atoms with Crippen LogP contribution in [0, 0.1) is 0 Å². The highest BCUT2D eigenvalue weighted by molar-refractivity contribution is 5.46. The molecular formula is C14H20O3. The van der Waals surface area contributed by atoms with Crippen molar-refractivity contribution in [2.45, 2.75) is 45.3 Å². The van der Waals surface area contributed by atoms with Crippen LogP contribution in [0.25, 0.3) is 0 Å². The number of hydrogen-bond donors (Lipinski definition) is 1. The number of aliphatic hydroxyl groups is 1. The monoisotopic (exact) mass is 236 g/mol. The van der Waals surface area contributed by atoms with Crippen molar-refractivity contribution < 1.29 is 14.6 Å². The maximum Gasteiger partial charge on any atom is 0.167 e. The molecule has 0 spiro atoms. The molecule has 1 aromatic carbocycles. The van der Waals surface area contributed by atoms with Gasteiger partial charge in [-0.15, -0.1) is 0 Å². The van der Waals surface area contributed by atoms with Gasteiger partial charge in [0.15, 0.2) is 11.5 Å². The molecule has 3 heteroatoms. The first-order valence-electron chi connectivity index (χ1n) is 6.37. The molecule has 0 bridgehead atoms. The maximum atomic E-state index is 9.35. The summed E-state index contributed by atoms with van der Waals surface area (Å²) in [7, 11) is 0. The van der Waals surface area contributed by atoms with Crippen LogP contribution < -0.4 is 9.47 Å². The van der Waals surface area contributed by atoms with Gasteiger partial charge in [0.1, 0.15) is 0 Å². The Balaban J connectivity index is 2.20. The Bertz CT molecular complexity index is 356. The van der Waals surface area contributed by atoms with E-state index in [1.54, 1.807) is 0 Å². The summed E-state index contributed by atoms with van der Waals surface area (Å²) < 4.78 is 11.5. The van der Waals surface area contributed by atoms with Crippen LogP contribution in [0.5, 0.6) is 11.5 Å². The summed E-state index contributed by atoms with van der Waals surface area (Å²) in [6.07, 6.45) is 4.95. The van der Waals surface area contributed by atoms with Gasteiger partial charge in [0, 0.05) is 5.56 Å². The molecule has 1 fully saturated rings. The van der Waals surface area contributed by atoms with Crippen LogP contribution in [0.1, 0.15) is 38.2 Å². The highest BCUT2D eigenvalue weighted by Gasteiger charge is 2.20. The summed E-state index contributed by atoms with van der Waals surface area (Å²) in [5.74, 6) is 1.47. The van der Waals surface area contributed by atoms with Crippen LogP contribution in [-0.2, 0) is 6.61 Å². The quantitative estimate of drug-likeness (QED) is 0.854. The largest absolute Gasteiger partial charge is 0.490 e. The fraction of sp³-hybridized carbons (Fsp3) is 0.571. The molecule has 1 aliphatic carbocycles. The first-order valence-corrected chi connectivity index (χ1v) is 6.37. The summed E-state index contributed by atoms with van der Waals surface area (Å²) in [5.41, 5.74) is 0.808. The van der Waals surface area contributed by atoms with E-state index in [-0.39, 0.29) is 12.7 Å². The number of para-hydroxylation sites is 1. The molecule has 0 atom stereocenters. The molecule has 0 radical (unpaired) electrons. The molecule has 17 heavy (non-hydrogen) atoms. The topological polar surface area (TPSA) is 38.7 Å². The van der Waals surface area contributed by atoms with E-state index in [0.29, 0.717) is 6.61 Å². The Morgan fingerprint density at radius 2 is 2.06 bits per heavy atom. The SMILES string of the molecule is CCOc1cccc(CO)c1OC1CCCC1. The summed E-state index contributed by atoms with van der Waals surface area (Å²) >= 11 is 0. The first-order chi connectivity index (χ1) is 8.35. The summed E-state index contributed by atoms with van der Waals surface area (Å²) in [6.45, 7) is 2.55. The third kappa shape index (κ3) is 2.91. The molecule has 1 aromatic rings. The number of hydrogen-bond acceptors (Lipinski definition) is 3. The van der Waals surface area contributed by atoms with E-state index < -0.39 is 0 Å². The number of rotatable bonds is 5. The van der Waals surface area contributed by atoms with Gasteiger partial charge in [-0.05, 0) is 38.7 Å². The predicted octanol–water partition coefficient (Wildman–Crippen LogP) is 2.90.